The maximum atomic E-state index is 5.11. The maximum absolute atomic E-state index is 5.11. The van der Waals surface area contributed by atoms with E-state index in [1.165, 1.54) is 0 Å². The van der Waals surface area contributed by atoms with Gasteiger partial charge in [0.25, 0.3) is 0 Å². The minimum atomic E-state index is 0.842. The molecule has 0 saturated heterocycles. The predicted molar refractivity (Wildman–Crippen MR) is 73.9 cm³/mol. The van der Waals surface area contributed by atoms with Crippen LogP contribution in [-0.2, 0) is 0 Å². The normalized spacial score (nSPS) is 10.7. The summed E-state index contributed by atoms with van der Waals surface area (Å²) in [5.74, 6) is 0.864. The van der Waals surface area contributed by atoms with Crippen LogP contribution in [-0.4, -0.2) is 12.1 Å². The van der Waals surface area contributed by atoms with Crippen molar-refractivity contribution in [3.63, 3.8) is 0 Å². The Morgan fingerprint density at radius 1 is 1.06 bits per heavy atom. The number of halogens is 1. The first-order chi connectivity index (χ1) is 8.28. The van der Waals surface area contributed by atoms with E-state index in [1.807, 2.05) is 54.6 Å². The zero-order valence-electron chi connectivity index (χ0n) is 9.43. The Hall–Kier alpha value is -1.61. The van der Waals surface area contributed by atoms with Crippen LogP contribution in [0.15, 0.2) is 47.1 Å². The third-order valence-corrected chi connectivity index (χ3v) is 2.74. The van der Waals surface area contributed by atoms with Gasteiger partial charge in [0, 0.05) is 0 Å². The van der Waals surface area contributed by atoms with Gasteiger partial charge in [0.2, 0.25) is 0 Å². The van der Waals surface area contributed by atoms with Crippen molar-refractivity contribution in [3.8, 4) is 5.75 Å². The lowest BCUT2D eigenvalue weighted by Gasteiger charge is -1.99. The molecule has 2 nitrogen and oxygen atoms in total. The van der Waals surface area contributed by atoms with Gasteiger partial charge in [-0.1, -0.05) is 24.3 Å². The van der Waals surface area contributed by atoms with E-state index in [4.69, 9.17) is 4.74 Å². The van der Waals surface area contributed by atoms with Gasteiger partial charge < -0.3 is 4.74 Å². The van der Waals surface area contributed by atoms with Crippen LogP contribution < -0.4 is 4.74 Å². The highest BCUT2D eigenvalue weighted by Gasteiger charge is 1.92. The molecule has 0 bridgehead atoms. The molecule has 1 heterocycles. The van der Waals surface area contributed by atoms with E-state index in [-0.39, 0.29) is 0 Å². The van der Waals surface area contributed by atoms with Gasteiger partial charge in [-0.2, -0.15) is 0 Å². The summed E-state index contributed by atoms with van der Waals surface area (Å²) in [6, 6.07) is 13.7. The Kier molecular flexibility index (Phi) is 3.94. The third kappa shape index (κ3) is 3.43. The van der Waals surface area contributed by atoms with Crippen LogP contribution >= 0.6 is 15.9 Å². The van der Waals surface area contributed by atoms with Crippen molar-refractivity contribution in [2.45, 2.75) is 0 Å². The van der Waals surface area contributed by atoms with E-state index in [9.17, 15) is 0 Å². The Labute approximate surface area is 109 Å². The molecule has 0 aliphatic heterocycles. The second-order valence-electron chi connectivity index (χ2n) is 3.49. The standard InChI is InChI=1S/C14H12BrNO/c1-17-13-9-6-11(7-10-13)5-8-12-3-2-4-14(15)16-12/h2-10H,1H3/b8-5+. The highest BCUT2D eigenvalue weighted by Crippen LogP contribution is 2.14. The Morgan fingerprint density at radius 2 is 1.82 bits per heavy atom. The van der Waals surface area contributed by atoms with E-state index in [0.717, 1.165) is 21.6 Å². The first kappa shape index (κ1) is 11.9. The molecule has 0 atom stereocenters. The van der Waals surface area contributed by atoms with Gasteiger partial charge >= 0.3 is 0 Å². The topological polar surface area (TPSA) is 22.1 Å². The van der Waals surface area contributed by atoms with Crippen LogP contribution in [0.1, 0.15) is 11.3 Å². The van der Waals surface area contributed by atoms with E-state index in [2.05, 4.69) is 20.9 Å². The van der Waals surface area contributed by atoms with Crippen molar-refractivity contribution >= 4 is 28.1 Å². The molecule has 0 aliphatic rings. The monoisotopic (exact) mass is 289 g/mol. The molecule has 0 aliphatic carbocycles. The molecule has 17 heavy (non-hydrogen) atoms. The van der Waals surface area contributed by atoms with E-state index in [0.29, 0.717) is 0 Å². The van der Waals surface area contributed by atoms with Gasteiger partial charge in [0.15, 0.2) is 0 Å². The lowest BCUT2D eigenvalue weighted by Crippen LogP contribution is -1.82. The quantitative estimate of drug-likeness (QED) is 0.796. The largest absolute Gasteiger partial charge is 0.497 e. The molecule has 2 rings (SSSR count). The predicted octanol–water partition coefficient (Wildman–Crippen LogP) is 4.02. The number of rotatable bonds is 3. The molecule has 0 amide bonds. The van der Waals surface area contributed by atoms with E-state index >= 15 is 0 Å². The minimum Gasteiger partial charge on any atom is -0.497 e. The van der Waals surface area contributed by atoms with Crippen molar-refractivity contribution in [2.24, 2.45) is 0 Å². The van der Waals surface area contributed by atoms with Gasteiger partial charge in [-0.3, -0.25) is 0 Å². The Bertz CT molecular complexity index is 520. The summed E-state index contributed by atoms with van der Waals surface area (Å²) in [5, 5.41) is 0. The Morgan fingerprint density at radius 3 is 2.47 bits per heavy atom. The zero-order chi connectivity index (χ0) is 12.1. The number of pyridine rings is 1. The lowest BCUT2D eigenvalue weighted by atomic mass is 10.2. The van der Waals surface area contributed by atoms with Crippen LogP contribution in [0.5, 0.6) is 5.75 Å². The number of ether oxygens (including phenoxy) is 1. The summed E-state index contributed by atoms with van der Waals surface area (Å²) in [5.41, 5.74) is 2.04. The lowest BCUT2D eigenvalue weighted by molar-refractivity contribution is 0.415. The average molecular weight is 290 g/mol. The van der Waals surface area contributed by atoms with Crippen LogP contribution in [0.4, 0.5) is 0 Å². The summed E-state index contributed by atoms with van der Waals surface area (Å²) in [7, 11) is 1.66. The molecule has 1 aromatic carbocycles. The summed E-state index contributed by atoms with van der Waals surface area (Å²) in [4.78, 5) is 4.33. The minimum absolute atomic E-state index is 0.842. The molecule has 86 valence electrons. The Balaban J connectivity index is 2.14. The van der Waals surface area contributed by atoms with Gasteiger partial charge in [-0.05, 0) is 51.8 Å². The fourth-order valence-electron chi connectivity index (χ4n) is 1.41. The number of hydrogen-bond acceptors (Lipinski definition) is 2. The first-order valence-corrected chi connectivity index (χ1v) is 6.02. The molecule has 0 radical (unpaired) electrons. The van der Waals surface area contributed by atoms with Crippen molar-refractivity contribution in [1.29, 1.82) is 0 Å². The first-order valence-electron chi connectivity index (χ1n) is 5.22. The molecule has 0 unspecified atom stereocenters. The van der Waals surface area contributed by atoms with E-state index < -0.39 is 0 Å². The highest BCUT2D eigenvalue weighted by molar-refractivity contribution is 9.10. The summed E-state index contributed by atoms with van der Waals surface area (Å²) in [6.45, 7) is 0. The van der Waals surface area contributed by atoms with Crippen molar-refractivity contribution in [3.05, 3.63) is 58.3 Å². The fourth-order valence-corrected chi connectivity index (χ4v) is 1.77. The second-order valence-corrected chi connectivity index (χ2v) is 4.30. The molecule has 3 heteroatoms. The fraction of sp³-hybridized carbons (Fsp3) is 0.0714. The number of nitrogens with zero attached hydrogens (tertiary/aromatic N) is 1. The van der Waals surface area contributed by atoms with E-state index in [1.54, 1.807) is 7.11 Å². The van der Waals surface area contributed by atoms with Crippen molar-refractivity contribution in [1.82, 2.24) is 4.98 Å². The number of methoxy groups -OCH3 is 1. The molecule has 0 saturated carbocycles. The van der Waals surface area contributed by atoms with Gasteiger partial charge in [-0.25, -0.2) is 4.98 Å². The molecule has 0 spiro atoms. The zero-order valence-corrected chi connectivity index (χ0v) is 11.0. The van der Waals surface area contributed by atoms with Crippen molar-refractivity contribution in [2.75, 3.05) is 7.11 Å². The smallest absolute Gasteiger partial charge is 0.118 e. The van der Waals surface area contributed by atoms with Gasteiger partial charge in [0.05, 0.1) is 12.8 Å². The summed E-state index contributed by atoms with van der Waals surface area (Å²) >= 11 is 3.35. The second kappa shape index (κ2) is 5.64. The number of benzene rings is 1. The molecular formula is C14H12BrNO. The SMILES string of the molecule is COc1ccc(/C=C/c2cccc(Br)n2)cc1. The average Bonchev–Trinajstić information content (AvgIpc) is 2.37. The van der Waals surface area contributed by atoms with Crippen LogP contribution in [0.25, 0.3) is 12.2 Å². The third-order valence-electron chi connectivity index (χ3n) is 2.30. The molecule has 0 N–H and O–H groups in total. The summed E-state index contributed by atoms with van der Waals surface area (Å²) in [6.07, 6.45) is 4.00. The maximum Gasteiger partial charge on any atom is 0.118 e. The van der Waals surface area contributed by atoms with Crippen LogP contribution in [0.2, 0.25) is 0 Å². The van der Waals surface area contributed by atoms with Crippen LogP contribution in [0.3, 0.4) is 0 Å². The van der Waals surface area contributed by atoms with Gasteiger partial charge in [0.1, 0.15) is 10.4 Å². The molecule has 2 aromatic rings. The summed E-state index contributed by atoms with van der Waals surface area (Å²) < 4.78 is 5.95. The number of aromatic nitrogens is 1. The van der Waals surface area contributed by atoms with Crippen molar-refractivity contribution < 1.29 is 4.74 Å². The van der Waals surface area contributed by atoms with Crippen LogP contribution in [0, 0.1) is 0 Å². The number of hydrogen-bond donors (Lipinski definition) is 0. The molecule has 1 aromatic heterocycles. The van der Waals surface area contributed by atoms with Gasteiger partial charge in [-0.15, -0.1) is 0 Å². The molecule has 0 fully saturated rings. The molecular weight excluding hydrogens is 278 g/mol. The highest BCUT2D eigenvalue weighted by atomic mass is 79.9.